The predicted molar refractivity (Wildman–Crippen MR) is 69.4 cm³/mol. The van der Waals surface area contributed by atoms with Crippen molar-refractivity contribution in [1.82, 2.24) is 9.55 Å². The molecule has 2 aliphatic rings. The van der Waals surface area contributed by atoms with E-state index >= 15 is 0 Å². The smallest absolute Gasteiger partial charge is 0.351 e. The topological polar surface area (TPSA) is 123 Å². The van der Waals surface area contributed by atoms with Gasteiger partial charge in [-0.05, 0) is 6.07 Å². The van der Waals surface area contributed by atoms with Crippen LogP contribution in [0.4, 0.5) is 5.82 Å². The molecule has 0 spiro atoms. The van der Waals surface area contributed by atoms with Gasteiger partial charge in [-0.25, -0.2) is 4.79 Å². The number of hydrogen-bond acceptors (Lipinski definition) is 7. The molecule has 8 nitrogen and oxygen atoms in total. The third-order valence-corrected chi connectivity index (χ3v) is 3.78. The molecule has 2 aliphatic heterocycles. The zero-order valence-corrected chi connectivity index (χ0v) is 11.4. The Morgan fingerprint density at radius 3 is 2.84 bits per heavy atom. The first-order valence-corrected chi connectivity index (χ1v) is 6.16. The van der Waals surface area contributed by atoms with Crippen LogP contribution >= 0.6 is 9.24 Å². The Hall–Kier alpha value is -1.05. The number of fused-ring (bicyclic) bond motifs is 1. The quantitative estimate of drug-likeness (QED) is 0.437. The van der Waals surface area contributed by atoms with E-state index in [1.165, 1.54) is 16.8 Å². The number of epoxide rings is 1. The predicted octanol–water partition coefficient (Wildman–Crippen LogP) is -1.71. The molecule has 0 bridgehead atoms. The van der Waals surface area contributed by atoms with Crippen LogP contribution in [-0.2, 0) is 9.47 Å². The van der Waals surface area contributed by atoms with Gasteiger partial charge in [-0.1, -0.05) is 9.24 Å². The normalized spacial score (nSPS) is 35.3. The average molecular weight is 289 g/mol. The van der Waals surface area contributed by atoms with Gasteiger partial charge in [0, 0.05) is 13.3 Å². The maximum Gasteiger partial charge on any atom is 0.351 e. The molecule has 2 saturated heterocycles. The van der Waals surface area contributed by atoms with Crippen LogP contribution in [0.15, 0.2) is 17.1 Å². The van der Waals surface area contributed by atoms with Gasteiger partial charge in [-0.15, -0.1) is 0 Å². The van der Waals surface area contributed by atoms with Crippen LogP contribution in [0.25, 0.3) is 0 Å². The van der Waals surface area contributed by atoms with Crippen molar-refractivity contribution < 1.29 is 19.7 Å². The first-order valence-electron chi connectivity index (χ1n) is 5.58. The largest absolute Gasteiger partial charge is 0.400 e. The molecular weight excluding hydrogens is 273 g/mol. The monoisotopic (exact) mass is 289 g/mol. The summed E-state index contributed by atoms with van der Waals surface area (Å²) in [6.07, 6.45) is 0.295. The molecule has 19 heavy (non-hydrogen) atoms. The van der Waals surface area contributed by atoms with Crippen molar-refractivity contribution in [3.05, 3.63) is 22.7 Å². The minimum absolute atomic E-state index is 0.144. The number of nitrogens with zero attached hydrogens (tertiary/aromatic N) is 2. The van der Waals surface area contributed by atoms with E-state index in [0.29, 0.717) is 0 Å². The maximum absolute atomic E-state index is 11.7. The van der Waals surface area contributed by atoms with Crippen LogP contribution in [0.1, 0.15) is 6.23 Å². The number of nitrogens with two attached hydrogens (primary N) is 1. The lowest BCUT2D eigenvalue weighted by atomic mass is 10.2. The van der Waals surface area contributed by atoms with Crippen LogP contribution in [0.3, 0.4) is 0 Å². The van der Waals surface area contributed by atoms with Gasteiger partial charge in [0.1, 0.15) is 18.0 Å². The summed E-state index contributed by atoms with van der Waals surface area (Å²) in [7, 11) is 3.53. The number of hydrogen-bond donors (Lipinski definition) is 3. The molecule has 1 aromatic rings. The Kier molecular flexibility index (Phi) is 3.89. The maximum atomic E-state index is 11.7. The molecule has 3 rings (SSSR count). The van der Waals surface area contributed by atoms with Crippen molar-refractivity contribution in [2.75, 3.05) is 19.5 Å². The summed E-state index contributed by atoms with van der Waals surface area (Å²) in [4.78, 5) is 15.3. The van der Waals surface area contributed by atoms with E-state index in [-0.39, 0.29) is 18.5 Å². The molecule has 0 radical (unpaired) electrons. The van der Waals surface area contributed by atoms with Gasteiger partial charge in [0.15, 0.2) is 11.6 Å². The summed E-state index contributed by atoms with van der Waals surface area (Å²) >= 11 is 0. The molecule has 0 amide bonds. The van der Waals surface area contributed by atoms with Crippen LogP contribution in [-0.4, -0.2) is 51.0 Å². The van der Waals surface area contributed by atoms with Crippen molar-refractivity contribution in [2.24, 2.45) is 0 Å². The standard InChI is InChI=1S/C9H12N3O4P.CH4O/c10-5-1-2-12(8(14)11-5)7-9(17)6(16-9)4(3-13)15-7;1-2/h1-2,4,6-7,13H,3,17H2,(H2,10,11,14);2H,1H3. The Balaban J connectivity index is 0.000000637. The van der Waals surface area contributed by atoms with Crippen molar-refractivity contribution in [1.29, 1.82) is 0 Å². The Bertz CT molecular complexity index is 524. The summed E-state index contributed by atoms with van der Waals surface area (Å²) < 4.78 is 12.3. The summed E-state index contributed by atoms with van der Waals surface area (Å²) in [5.41, 5.74) is 4.92. The highest BCUT2D eigenvalue weighted by Gasteiger charge is 2.69. The fourth-order valence-corrected chi connectivity index (χ4v) is 2.72. The van der Waals surface area contributed by atoms with E-state index in [1.54, 1.807) is 0 Å². The molecule has 0 saturated carbocycles. The zero-order chi connectivity index (χ0) is 14.2. The third kappa shape index (κ3) is 2.26. The Labute approximate surface area is 111 Å². The number of nitrogen functional groups attached to an aromatic ring is 1. The van der Waals surface area contributed by atoms with Gasteiger partial charge in [0.25, 0.3) is 0 Å². The number of aliphatic hydroxyl groups excluding tert-OH is 2. The molecule has 4 N–H and O–H groups in total. The van der Waals surface area contributed by atoms with Crippen molar-refractivity contribution >= 4 is 15.1 Å². The second-order valence-electron chi connectivity index (χ2n) is 4.14. The van der Waals surface area contributed by atoms with Crippen molar-refractivity contribution in [2.45, 2.75) is 23.8 Å². The van der Waals surface area contributed by atoms with Crippen LogP contribution in [0.2, 0.25) is 0 Å². The van der Waals surface area contributed by atoms with E-state index < -0.39 is 23.4 Å². The summed E-state index contributed by atoms with van der Waals surface area (Å²) in [5, 5.41) is 15.5. The third-order valence-electron chi connectivity index (χ3n) is 3.03. The molecule has 5 atom stereocenters. The highest BCUT2D eigenvalue weighted by Crippen LogP contribution is 2.58. The lowest BCUT2D eigenvalue weighted by molar-refractivity contribution is -0.0909. The highest BCUT2D eigenvalue weighted by molar-refractivity contribution is 7.19. The van der Waals surface area contributed by atoms with E-state index in [9.17, 15) is 4.79 Å². The van der Waals surface area contributed by atoms with Crippen molar-refractivity contribution in [3.8, 4) is 0 Å². The van der Waals surface area contributed by atoms with Gasteiger partial charge >= 0.3 is 5.69 Å². The highest BCUT2D eigenvalue weighted by atomic mass is 31.0. The van der Waals surface area contributed by atoms with E-state index in [0.717, 1.165) is 7.11 Å². The molecule has 3 heterocycles. The van der Waals surface area contributed by atoms with Crippen molar-refractivity contribution in [3.63, 3.8) is 0 Å². The van der Waals surface area contributed by atoms with Crippen LogP contribution in [0.5, 0.6) is 0 Å². The molecule has 9 heteroatoms. The van der Waals surface area contributed by atoms with Gasteiger partial charge in [0.05, 0.1) is 6.61 Å². The molecule has 1 aromatic heterocycles. The zero-order valence-electron chi connectivity index (χ0n) is 10.3. The van der Waals surface area contributed by atoms with Gasteiger partial charge < -0.3 is 25.4 Å². The second kappa shape index (κ2) is 5.15. The lowest BCUT2D eigenvalue weighted by Gasteiger charge is -2.20. The Morgan fingerprint density at radius 1 is 1.63 bits per heavy atom. The molecule has 0 aromatic carbocycles. The minimum Gasteiger partial charge on any atom is -0.400 e. The lowest BCUT2D eigenvalue weighted by Crippen LogP contribution is -2.33. The minimum atomic E-state index is -0.644. The number of anilines is 1. The van der Waals surface area contributed by atoms with Gasteiger partial charge in [-0.3, -0.25) is 4.57 Å². The molecule has 106 valence electrons. The van der Waals surface area contributed by atoms with Gasteiger partial charge in [0.2, 0.25) is 0 Å². The average Bonchev–Trinajstić information content (AvgIpc) is 3.00. The number of aliphatic hydroxyl groups is 2. The number of ether oxygens (including phenoxy) is 2. The summed E-state index contributed by atoms with van der Waals surface area (Å²) in [5.74, 6) is 0.161. The number of aromatic nitrogens is 2. The summed E-state index contributed by atoms with van der Waals surface area (Å²) in [6, 6.07) is 1.52. The SMILES string of the molecule is CO.Nc1ccn(C2OC(CO)C3OC32P)c(=O)n1. The van der Waals surface area contributed by atoms with Crippen LogP contribution < -0.4 is 11.4 Å². The van der Waals surface area contributed by atoms with Crippen LogP contribution in [0, 0.1) is 0 Å². The molecular formula is C10H16N3O5P. The fraction of sp³-hybridized carbons (Fsp3) is 0.600. The fourth-order valence-electron chi connectivity index (χ4n) is 2.12. The first kappa shape index (κ1) is 14.4. The Morgan fingerprint density at radius 2 is 2.32 bits per heavy atom. The first-order chi connectivity index (χ1) is 9.06. The second-order valence-corrected chi connectivity index (χ2v) is 5.05. The van der Waals surface area contributed by atoms with Gasteiger partial charge in [-0.2, -0.15) is 4.98 Å². The molecule has 2 fully saturated rings. The molecule has 0 aliphatic carbocycles. The summed E-state index contributed by atoms with van der Waals surface area (Å²) in [6.45, 7) is -0.144. The number of rotatable bonds is 2. The van der Waals surface area contributed by atoms with E-state index in [1.807, 2.05) is 0 Å². The molecule has 5 unspecified atom stereocenters. The van der Waals surface area contributed by atoms with E-state index in [4.69, 9.17) is 25.4 Å². The van der Waals surface area contributed by atoms with E-state index in [2.05, 4.69) is 14.2 Å².